The van der Waals surface area contributed by atoms with Crippen LogP contribution in [0, 0.1) is 18.6 Å². The van der Waals surface area contributed by atoms with Crippen molar-refractivity contribution in [2.75, 3.05) is 0 Å². The number of aryl methyl sites for hydroxylation is 4. The summed E-state index contributed by atoms with van der Waals surface area (Å²) < 4.78 is 5.07. The predicted molar refractivity (Wildman–Crippen MR) is 75.3 cm³/mol. The minimum absolute atomic E-state index is 0.820. The third-order valence-electron chi connectivity index (χ3n) is 3.17. The van der Waals surface area contributed by atoms with E-state index in [2.05, 4.69) is 39.2 Å². The van der Waals surface area contributed by atoms with Gasteiger partial charge in [-0.15, -0.1) is 0 Å². The Hall–Kier alpha value is -1.36. The first kappa shape index (κ1) is 13.1. The van der Waals surface area contributed by atoms with Gasteiger partial charge in [-0.05, 0) is 45.0 Å². The van der Waals surface area contributed by atoms with Crippen LogP contribution in [-0.4, -0.2) is 19.3 Å². The zero-order chi connectivity index (χ0) is 13.1. The van der Waals surface area contributed by atoms with Crippen LogP contribution < -0.4 is 0 Å². The Kier molecular flexibility index (Phi) is 4.01. The number of nitrogens with one attached hydrogen (secondary N) is 1. The fourth-order valence-electron chi connectivity index (χ4n) is 2.25. The summed E-state index contributed by atoms with van der Waals surface area (Å²) in [5.41, 5.74) is 3.58. The lowest BCUT2D eigenvalue weighted by atomic mass is 10.3. The first-order chi connectivity index (χ1) is 8.61. The molecule has 0 saturated carbocycles. The summed E-state index contributed by atoms with van der Waals surface area (Å²) >= 11 is 5.28. The summed E-state index contributed by atoms with van der Waals surface area (Å²) in [6, 6.07) is 2.11. The second-order valence-corrected chi connectivity index (χ2v) is 4.98. The fourth-order valence-corrected chi connectivity index (χ4v) is 2.52. The van der Waals surface area contributed by atoms with Gasteiger partial charge in [-0.3, -0.25) is 4.68 Å². The van der Waals surface area contributed by atoms with Gasteiger partial charge in [-0.2, -0.15) is 5.10 Å². The summed E-state index contributed by atoms with van der Waals surface area (Å²) in [5, 5.41) is 4.47. The molecule has 0 fully saturated rings. The molecular weight excluding hydrogens is 244 g/mol. The normalized spacial score (nSPS) is 11.1. The number of H-pyrrole nitrogens is 1. The zero-order valence-electron chi connectivity index (χ0n) is 11.2. The first-order valence-corrected chi connectivity index (χ1v) is 6.80. The van der Waals surface area contributed by atoms with Gasteiger partial charge in [0.05, 0.1) is 5.69 Å². The van der Waals surface area contributed by atoms with Crippen molar-refractivity contribution in [2.45, 2.75) is 46.7 Å². The van der Waals surface area contributed by atoms with Crippen LogP contribution in [0.2, 0.25) is 0 Å². The molecule has 0 spiro atoms. The third-order valence-corrected chi connectivity index (χ3v) is 3.51. The highest BCUT2D eigenvalue weighted by atomic mass is 32.1. The highest BCUT2D eigenvalue weighted by Gasteiger charge is 2.03. The Morgan fingerprint density at radius 1 is 1.33 bits per heavy atom. The van der Waals surface area contributed by atoms with Gasteiger partial charge >= 0.3 is 0 Å². The van der Waals surface area contributed by atoms with Crippen LogP contribution >= 0.6 is 12.2 Å². The number of rotatable bonds is 5. The van der Waals surface area contributed by atoms with Crippen molar-refractivity contribution in [3.05, 3.63) is 34.1 Å². The number of nitrogens with zero attached hydrogens (tertiary/aromatic N) is 3. The van der Waals surface area contributed by atoms with Crippen LogP contribution in [0.5, 0.6) is 0 Å². The van der Waals surface area contributed by atoms with E-state index >= 15 is 0 Å². The fraction of sp³-hybridized carbons (Fsp3) is 0.538. The molecule has 1 N–H and O–H groups in total. The average molecular weight is 264 g/mol. The number of imidazole rings is 1. The maximum absolute atomic E-state index is 5.28. The molecule has 2 aromatic rings. The zero-order valence-corrected chi connectivity index (χ0v) is 12.0. The molecule has 0 aliphatic heterocycles. The number of aromatic amines is 1. The monoisotopic (exact) mass is 264 g/mol. The van der Waals surface area contributed by atoms with Gasteiger partial charge < -0.3 is 9.55 Å². The Labute approximate surface area is 113 Å². The molecule has 0 aliphatic rings. The lowest BCUT2D eigenvalue weighted by Crippen LogP contribution is -2.08. The number of hydrogen-bond donors (Lipinski definition) is 1. The van der Waals surface area contributed by atoms with Crippen molar-refractivity contribution in [2.24, 2.45) is 0 Å². The van der Waals surface area contributed by atoms with E-state index in [-0.39, 0.29) is 0 Å². The van der Waals surface area contributed by atoms with Crippen LogP contribution in [0.3, 0.4) is 0 Å². The molecule has 0 atom stereocenters. The van der Waals surface area contributed by atoms with Crippen LogP contribution in [-0.2, 0) is 19.5 Å². The molecule has 98 valence electrons. The van der Waals surface area contributed by atoms with Crippen LogP contribution in [0.15, 0.2) is 12.3 Å². The molecule has 0 bridgehead atoms. The first-order valence-electron chi connectivity index (χ1n) is 6.40. The van der Waals surface area contributed by atoms with E-state index < -0.39 is 0 Å². The maximum Gasteiger partial charge on any atom is 0.177 e. The smallest absolute Gasteiger partial charge is 0.177 e. The van der Waals surface area contributed by atoms with E-state index in [1.54, 1.807) is 0 Å². The molecule has 2 rings (SSSR count). The summed E-state index contributed by atoms with van der Waals surface area (Å²) in [6.07, 6.45) is 4.06. The second kappa shape index (κ2) is 5.52. The minimum Gasteiger partial charge on any atom is -0.337 e. The van der Waals surface area contributed by atoms with Gasteiger partial charge in [0, 0.05) is 30.7 Å². The molecule has 4 nitrogen and oxygen atoms in total. The maximum atomic E-state index is 5.28. The average Bonchev–Trinajstić information content (AvgIpc) is 2.83. The lowest BCUT2D eigenvalue weighted by molar-refractivity contribution is 0.507. The molecule has 0 amide bonds. The lowest BCUT2D eigenvalue weighted by Gasteiger charge is -2.08. The van der Waals surface area contributed by atoms with Gasteiger partial charge in [0.1, 0.15) is 0 Å². The van der Waals surface area contributed by atoms with Gasteiger partial charge in [0.15, 0.2) is 4.77 Å². The number of hydrogen-bond acceptors (Lipinski definition) is 2. The Balaban J connectivity index is 1.98. The predicted octanol–water partition coefficient (Wildman–Crippen LogP) is 3.01. The molecule has 0 unspecified atom stereocenters. The molecule has 2 heterocycles. The summed E-state index contributed by atoms with van der Waals surface area (Å²) in [6.45, 7) is 8.16. The Bertz CT molecular complexity index is 576. The van der Waals surface area contributed by atoms with E-state index in [0.717, 1.165) is 36.4 Å². The van der Waals surface area contributed by atoms with Crippen molar-refractivity contribution < 1.29 is 0 Å². The summed E-state index contributed by atoms with van der Waals surface area (Å²) in [5.74, 6) is 0. The van der Waals surface area contributed by atoms with Crippen molar-refractivity contribution in [3.8, 4) is 0 Å². The topological polar surface area (TPSA) is 38.5 Å². The van der Waals surface area contributed by atoms with Crippen molar-refractivity contribution in [1.82, 2.24) is 19.3 Å². The van der Waals surface area contributed by atoms with Crippen molar-refractivity contribution in [1.29, 1.82) is 0 Å². The quantitative estimate of drug-likeness (QED) is 0.843. The van der Waals surface area contributed by atoms with Crippen molar-refractivity contribution in [3.63, 3.8) is 0 Å². The van der Waals surface area contributed by atoms with Gasteiger partial charge in [0.2, 0.25) is 0 Å². The Morgan fingerprint density at radius 2 is 2.11 bits per heavy atom. The van der Waals surface area contributed by atoms with E-state index in [4.69, 9.17) is 12.2 Å². The third kappa shape index (κ3) is 2.72. The molecule has 2 aromatic heterocycles. The van der Waals surface area contributed by atoms with E-state index in [1.807, 2.05) is 13.1 Å². The summed E-state index contributed by atoms with van der Waals surface area (Å²) in [7, 11) is 0. The molecule has 0 radical (unpaired) electrons. The Morgan fingerprint density at radius 3 is 2.72 bits per heavy atom. The van der Waals surface area contributed by atoms with Gasteiger partial charge in [-0.25, -0.2) is 0 Å². The van der Waals surface area contributed by atoms with Crippen LogP contribution in [0.4, 0.5) is 0 Å². The molecule has 18 heavy (non-hydrogen) atoms. The second-order valence-electron chi connectivity index (χ2n) is 4.59. The highest BCUT2D eigenvalue weighted by Crippen LogP contribution is 2.07. The van der Waals surface area contributed by atoms with E-state index in [0.29, 0.717) is 0 Å². The largest absolute Gasteiger partial charge is 0.337 e. The standard InChI is InChI=1S/C13H20N4S/c1-4-12-9-14-13(18)16(12)6-5-7-17-11(3)8-10(2)15-17/h8-9H,4-7H2,1-3H3,(H,14,18). The van der Waals surface area contributed by atoms with Gasteiger partial charge in [-0.1, -0.05) is 6.92 Å². The van der Waals surface area contributed by atoms with Crippen LogP contribution in [0.25, 0.3) is 0 Å². The SMILES string of the molecule is CCc1c[nH]c(=S)n1CCCn1nc(C)cc1C. The summed E-state index contributed by atoms with van der Waals surface area (Å²) in [4.78, 5) is 3.11. The molecule has 0 aromatic carbocycles. The number of aromatic nitrogens is 4. The molecule has 0 saturated heterocycles. The van der Waals surface area contributed by atoms with Crippen LogP contribution in [0.1, 0.15) is 30.4 Å². The minimum atomic E-state index is 0.820. The van der Waals surface area contributed by atoms with E-state index in [1.165, 1.54) is 11.4 Å². The molecular formula is C13H20N4S. The van der Waals surface area contributed by atoms with Crippen molar-refractivity contribution >= 4 is 12.2 Å². The van der Waals surface area contributed by atoms with Gasteiger partial charge in [0.25, 0.3) is 0 Å². The van der Waals surface area contributed by atoms with E-state index in [9.17, 15) is 0 Å². The molecule has 5 heteroatoms. The highest BCUT2D eigenvalue weighted by molar-refractivity contribution is 7.71. The molecule has 0 aliphatic carbocycles.